The van der Waals surface area contributed by atoms with E-state index in [0.717, 1.165) is 30.1 Å². The van der Waals surface area contributed by atoms with Gasteiger partial charge in [-0.05, 0) is 42.0 Å². The number of benzene rings is 2. The van der Waals surface area contributed by atoms with Crippen LogP contribution in [0.3, 0.4) is 0 Å². The number of carbonyl (C=O) groups excluding carboxylic acids is 2. The second-order valence-electron chi connectivity index (χ2n) is 7.56. The lowest BCUT2D eigenvalue weighted by Crippen LogP contribution is -2.51. The maximum Gasteiger partial charge on any atom is 0.253 e. The lowest BCUT2D eigenvalue weighted by atomic mass is 10.2. The van der Waals surface area contributed by atoms with E-state index in [4.69, 9.17) is 4.74 Å². The fourth-order valence-corrected chi connectivity index (χ4v) is 3.57. The van der Waals surface area contributed by atoms with Crippen LogP contribution in [0.4, 0.5) is 5.69 Å². The van der Waals surface area contributed by atoms with Gasteiger partial charge in [-0.1, -0.05) is 30.3 Å². The summed E-state index contributed by atoms with van der Waals surface area (Å²) in [5.74, 6) is 0.460. The lowest BCUT2D eigenvalue weighted by Gasteiger charge is -2.36. The standard InChI is InChI=1S/C25H26N4O3/c30-24(18-27-25(31)21-7-4-12-26-17-21)29-15-13-28(14-16-29)22-8-10-23(11-9-22)32-19-20-5-2-1-3-6-20/h1-12,17H,13-16,18-19H2,(H,27,31). The van der Waals surface area contributed by atoms with Crippen LogP contribution in [0.2, 0.25) is 0 Å². The molecular weight excluding hydrogens is 404 g/mol. The van der Waals surface area contributed by atoms with Gasteiger partial charge < -0.3 is 19.9 Å². The molecule has 0 radical (unpaired) electrons. The number of nitrogens with one attached hydrogen (secondary N) is 1. The van der Waals surface area contributed by atoms with E-state index in [1.54, 1.807) is 23.2 Å². The Morgan fingerprint density at radius 1 is 0.906 bits per heavy atom. The van der Waals surface area contributed by atoms with Gasteiger partial charge in [-0.3, -0.25) is 14.6 Å². The number of carbonyl (C=O) groups is 2. The minimum absolute atomic E-state index is 0.0127. The first kappa shape index (κ1) is 21.4. The van der Waals surface area contributed by atoms with Crippen molar-refractivity contribution in [1.82, 2.24) is 15.2 Å². The normalized spacial score (nSPS) is 13.5. The van der Waals surface area contributed by atoms with Gasteiger partial charge in [-0.25, -0.2) is 0 Å². The highest BCUT2D eigenvalue weighted by Gasteiger charge is 2.21. The van der Waals surface area contributed by atoms with Crippen LogP contribution in [0.1, 0.15) is 15.9 Å². The number of nitrogens with zero attached hydrogens (tertiary/aromatic N) is 3. The molecule has 3 aromatic rings. The minimum Gasteiger partial charge on any atom is -0.489 e. The van der Waals surface area contributed by atoms with Crippen molar-refractivity contribution in [2.45, 2.75) is 6.61 Å². The number of hydrogen-bond acceptors (Lipinski definition) is 5. The highest BCUT2D eigenvalue weighted by atomic mass is 16.5. The fourth-order valence-electron chi connectivity index (χ4n) is 3.57. The first-order valence-electron chi connectivity index (χ1n) is 10.7. The molecular formula is C25H26N4O3. The number of ether oxygens (including phenoxy) is 1. The van der Waals surface area contributed by atoms with E-state index in [1.807, 2.05) is 54.6 Å². The van der Waals surface area contributed by atoms with Crippen LogP contribution in [0.5, 0.6) is 5.75 Å². The molecule has 1 N–H and O–H groups in total. The molecule has 164 valence electrons. The van der Waals surface area contributed by atoms with Gasteiger partial charge in [0.1, 0.15) is 12.4 Å². The topological polar surface area (TPSA) is 74.8 Å². The number of aromatic nitrogens is 1. The quantitative estimate of drug-likeness (QED) is 0.624. The Bertz CT molecular complexity index is 1020. The molecule has 1 aliphatic rings. The third-order valence-electron chi connectivity index (χ3n) is 5.41. The third kappa shape index (κ3) is 5.63. The average Bonchev–Trinajstić information content (AvgIpc) is 2.87. The van der Waals surface area contributed by atoms with Gasteiger partial charge in [-0.2, -0.15) is 0 Å². The van der Waals surface area contributed by atoms with E-state index in [9.17, 15) is 9.59 Å². The zero-order valence-electron chi connectivity index (χ0n) is 17.8. The predicted octanol–water partition coefficient (Wildman–Crippen LogP) is 2.74. The van der Waals surface area contributed by atoms with Gasteiger partial charge in [0.2, 0.25) is 5.91 Å². The summed E-state index contributed by atoms with van der Waals surface area (Å²) in [4.78, 5) is 32.5. The van der Waals surface area contributed by atoms with E-state index < -0.39 is 0 Å². The monoisotopic (exact) mass is 430 g/mol. The summed E-state index contributed by atoms with van der Waals surface area (Å²) in [6.07, 6.45) is 3.09. The second-order valence-corrected chi connectivity index (χ2v) is 7.56. The first-order chi connectivity index (χ1) is 15.7. The summed E-state index contributed by atoms with van der Waals surface area (Å²) in [5, 5.41) is 2.67. The molecule has 0 bridgehead atoms. The summed E-state index contributed by atoms with van der Waals surface area (Å²) < 4.78 is 5.85. The van der Waals surface area contributed by atoms with Crippen molar-refractivity contribution >= 4 is 17.5 Å². The van der Waals surface area contributed by atoms with Crippen LogP contribution in [-0.2, 0) is 11.4 Å². The van der Waals surface area contributed by atoms with Gasteiger partial charge >= 0.3 is 0 Å². The molecule has 1 saturated heterocycles. The molecule has 7 heteroatoms. The minimum atomic E-state index is -0.292. The molecule has 2 aromatic carbocycles. The van der Waals surface area contributed by atoms with E-state index in [1.165, 1.54) is 6.20 Å². The Balaban J connectivity index is 1.21. The molecule has 1 aliphatic heterocycles. The highest BCUT2D eigenvalue weighted by molar-refractivity contribution is 5.96. The zero-order chi connectivity index (χ0) is 22.2. The van der Waals surface area contributed by atoms with Crippen molar-refractivity contribution in [1.29, 1.82) is 0 Å². The molecule has 0 unspecified atom stereocenters. The van der Waals surface area contributed by atoms with Crippen molar-refractivity contribution in [2.24, 2.45) is 0 Å². The Morgan fingerprint density at radius 2 is 1.66 bits per heavy atom. The number of piperazine rings is 1. The zero-order valence-corrected chi connectivity index (χ0v) is 17.8. The Labute approximate surface area is 187 Å². The number of amides is 2. The SMILES string of the molecule is O=C(NCC(=O)N1CCN(c2ccc(OCc3ccccc3)cc2)CC1)c1cccnc1. The molecule has 4 rings (SSSR count). The fraction of sp³-hybridized carbons (Fsp3) is 0.240. The van der Waals surface area contributed by atoms with Gasteiger partial charge in [0.15, 0.2) is 0 Å². The third-order valence-corrected chi connectivity index (χ3v) is 5.41. The van der Waals surface area contributed by atoms with Gasteiger partial charge in [-0.15, -0.1) is 0 Å². The summed E-state index contributed by atoms with van der Waals surface area (Å²) in [5.41, 5.74) is 2.68. The van der Waals surface area contributed by atoms with E-state index in [-0.39, 0.29) is 18.4 Å². The molecule has 32 heavy (non-hydrogen) atoms. The van der Waals surface area contributed by atoms with Crippen LogP contribution in [0.15, 0.2) is 79.1 Å². The molecule has 2 heterocycles. The van der Waals surface area contributed by atoms with Crippen LogP contribution in [0.25, 0.3) is 0 Å². The average molecular weight is 431 g/mol. The lowest BCUT2D eigenvalue weighted by molar-refractivity contribution is -0.130. The first-order valence-corrected chi connectivity index (χ1v) is 10.7. The number of rotatable bonds is 7. The molecule has 0 spiro atoms. The summed E-state index contributed by atoms with van der Waals surface area (Å²) in [6, 6.07) is 21.5. The molecule has 0 saturated carbocycles. The highest BCUT2D eigenvalue weighted by Crippen LogP contribution is 2.21. The summed E-state index contributed by atoms with van der Waals surface area (Å²) >= 11 is 0. The second kappa shape index (κ2) is 10.4. The molecule has 1 fully saturated rings. The molecule has 1 aromatic heterocycles. The van der Waals surface area contributed by atoms with Crippen LogP contribution >= 0.6 is 0 Å². The summed E-state index contributed by atoms with van der Waals surface area (Å²) in [6.45, 7) is 3.25. The smallest absolute Gasteiger partial charge is 0.253 e. The van der Waals surface area contributed by atoms with Crippen LogP contribution in [0, 0.1) is 0 Å². The number of pyridine rings is 1. The van der Waals surface area contributed by atoms with Crippen molar-refractivity contribution in [3.05, 3.63) is 90.3 Å². The van der Waals surface area contributed by atoms with E-state index in [0.29, 0.717) is 25.3 Å². The molecule has 0 aliphatic carbocycles. The van der Waals surface area contributed by atoms with Crippen LogP contribution in [-0.4, -0.2) is 54.4 Å². The summed E-state index contributed by atoms with van der Waals surface area (Å²) in [7, 11) is 0. The van der Waals surface area contributed by atoms with E-state index >= 15 is 0 Å². The predicted molar refractivity (Wildman–Crippen MR) is 123 cm³/mol. The molecule has 2 amide bonds. The maximum absolute atomic E-state index is 12.5. The van der Waals surface area contributed by atoms with Gasteiger partial charge in [0.25, 0.3) is 5.91 Å². The maximum atomic E-state index is 12.5. The Hall–Kier alpha value is -3.87. The van der Waals surface area contributed by atoms with Crippen molar-refractivity contribution in [3.63, 3.8) is 0 Å². The van der Waals surface area contributed by atoms with E-state index in [2.05, 4.69) is 15.2 Å². The Kier molecular flexibility index (Phi) is 6.97. The number of hydrogen-bond donors (Lipinski definition) is 1. The Morgan fingerprint density at radius 3 is 2.34 bits per heavy atom. The van der Waals surface area contributed by atoms with Crippen LogP contribution < -0.4 is 15.0 Å². The van der Waals surface area contributed by atoms with Gasteiger partial charge in [0.05, 0.1) is 12.1 Å². The van der Waals surface area contributed by atoms with Crippen molar-refractivity contribution < 1.29 is 14.3 Å². The number of anilines is 1. The molecule has 0 atom stereocenters. The van der Waals surface area contributed by atoms with Gasteiger partial charge in [0, 0.05) is 44.3 Å². The molecule has 7 nitrogen and oxygen atoms in total. The largest absolute Gasteiger partial charge is 0.489 e. The van der Waals surface area contributed by atoms with Crippen molar-refractivity contribution in [3.8, 4) is 5.75 Å². The van der Waals surface area contributed by atoms with Crippen molar-refractivity contribution in [2.75, 3.05) is 37.6 Å².